The van der Waals surface area contributed by atoms with Crippen molar-refractivity contribution in [2.45, 2.75) is 32.1 Å². The summed E-state index contributed by atoms with van der Waals surface area (Å²) in [6, 6.07) is 9.72. The van der Waals surface area contributed by atoms with Crippen molar-refractivity contribution in [3.05, 3.63) is 46.4 Å². The molecular weight excluding hydrogens is 286 g/mol. The largest absolute Gasteiger partial charge is 0.494 e. The molecule has 1 aromatic heterocycles. The predicted octanol–water partition coefficient (Wildman–Crippen LogP) is 3.98. The van der Waals surface area contributed by atoms with Gasteiger partial charge in [-0.05, 0) is 25.0 Å². The van der Waals surface area contributed by atoms with E-state index in [9.17, 15) is 4.79 Å². The third-order valence-corrected chi connectivity index (χ3v) is 4.47. The molecule has 0 aliphatic carbocycles. The Morgan fingerprint density at radius 1 is 1.33 bits per heavy atom. The third kappa shape index (κ3) is 4.29. The van der Waals surface area contributed by atoms with Crippen LogP contribution in [-0.2, 0) is 5.41 Å². The lowest BCUT2D eigenvalue weighted by Crippen LogP contribution is -2.18. The van der Waals surface area contributed by atoms with E-state index in [0.717, 1.165) is 23.6 Å². The standard InChI is InChI=1S/C16H19NO3S/c1-16(2,15-17-13(11-21-15)14(18)19)9-6-10-20-12-7-4-3-5-8-12/h3-5,7-8,11H,6,9-10H2,1-2H3,(H,18,19). The Balaban J connectivity index is 1.84. The third-order valence-electron chi connectivity index (χ3n) is 3.26. The lowest BCUT2D eigenvalue weighted by molar-refractivity contribution is 0.0691. The van der Waals surface area contributed by atoms with E-state index in [1.165, 1.54) is 11.3 Å². The number of carboxylic acids is 1. The van der Waals surface area contributed by atoms with Crippen LogP contribution >= 0.6 is 11.3 Å². The fourth-order valence-electron chi connectivity index (χ4n) is 2.01. The Labute approximate surface area is 128 Å². The van der Waals surface area contributed by atoms with Gasteiger partial charge in [-0.25, -0.2) is 9.78 Å². The van der Waals surface area contributed by atoms with Crippen LogP contribution in [-0.4, -0.2) is 22.7 Å². The fourth-order valence-corrected chi connectivity index (χ4v) is 2.96. The minimum Gasteiger partial charge on any atom is -0.494 e. The fraction of sp³-hybridized carbons (Fsp3) is 0.375. The monoisotopic (exact) mass is 305 g/mol. The van der Waals surface area contributed by atoms with E-state index in [0.29, 0.717) is 6.61 Å². The minimum absolute atomic E-state index is 0.128. The normalized spacial score (nSPS) is 11.3. The molecule has 1 heterocycles. The van der Waals surface area contributed by atoms with Crippen LogP contribution in [0.4, 0.5) is 0 Å². The van der Waals surface area contributed by atoms with Gasteiger partial charge in [0.1, 0.15) is 5.75 Å². The molecule has 5 heteroatoms. The van der Waals surface area contributed by atoms with E-state index < -0.39 is 5.97 Å². The number of thiazole rings is 1. The van der Waals surface area contributed by atoms with Crippen molar-refractivity contribution in [2.24, 2.45) is 0 Å². The van der Waals surface area contributed by atoms with Gasteiger partial charge < -0.3 is 9.84 Å². The van der Waals surface area contributed by atoms with E-state index in [1.807, 2.05) is 30.3 Å². The molecule has 21 heavy (non-hydrogen) atoms. The van der Waals surface area contributed by atoms with Gasteiger partial charge in [-0.15, -0.1) is 11.3 Å². The second-order valence-corrected chi connectivity index (χ2v) is 6.35. The summed E-state index contributed by atoms with van der Waals surface area (Å²) in [7, 11) is 0. The number of hydrogen-bond donors (Lipinski definition) is 1. The van der Waals surface area contributed by atoms with E-state index in [-0.39, 0.29) is 11.1 Å². The number of rotatable bonds is 7. The van der Waals surface area contributed by atoms with Crippen molar-refractivity contribution in [1.29, 1.82) is 0 Å². The average molecular weight is 305 g/mol. The maximum Gasteiger partial charge on any atom is 0.355 e. The van der Waals surface area contributed by atoms with Gasteiger partial charge in [0.15, 0.2) is 5.69 Å². The molecule has 0 fully saturated rings. The van der Waals surface area contributed by atoms with Gasteiger partial charge in [-0.1, -0.05) is 32.0 Å². The smallest absolute Gasteiger partial charge is 0.355 e. The van der Waals surface area contributed by atoms with Crippen LogP contribution in [0.15, 0.2) is 35.7 Å². The van der Waals surface area contributed by atoms with Crippen LogP contribution in [0, 0.1) is 0 Å². The van der Waals surface area contributed by atoms with Gasteiger partial charge in [0.05, 0.1) is 11.6 Å². The van der Waals surface area contributed by atoms with Gasteiger partial charge >= 0.3 is 5.97 Å². The molecule has 1 aromatic carbocycles. The maximum atomic E-state index is 10.9. The zero-order chi connectivity index (χ0) is 15.3. The van der Waals surface area contributed by atoms with Gasteiger partial charge in [0.2, 0.25) is 0 Å². The predicted molar refractivity (Wildman–Crippen MR) is 83.3 cm³/mol. The van der Waals surface area contributed by atoms with Crippen LogP contribution < -0.4 is 4.74 Å². The van der Waals surface area contributed by atoms with Crippen molar-refractivity contribution in [2.75, 3.05) is 6.61 Å². The first-order valence-corrected chi connectivity index (χ1v) is 7.74. The Morgan fingerprint density at radius 2 is 2.05 bits per heavy atom. The number of aromatic carboxylic acids is 1. The summed E-state index contributed by atoms with van der Waals surface area (Å²) in [6.07, 6.45) is 1.79. The molecule has 1 N–H and O–H groups in total. The Kier molecular flexibility index (Phi) is 4.96. The molecular formula is C16H19NO3S. The first-order valence-electron chi connectivity index (χ1n) is 6.86. The number of benzene rings is 1. The number of aromatic nitrogens is 1. The molecule has 0 radical (unpaired) electrons. The number of carbonyl (C=O) groups is 1. The summed E-state index contributed by atoms with van der Waals surface area (Å²) in [6.45, 7) is 4.81. The Morgan fingerprint density at radius 3 is 2.67 bits per heavy atom. The van der Waals surface area contributed by atoms with Crippen LogP contribution in [0.3, 0.4) is 0 Å². The molecule has 4 nitrogen and oxygen atoms in total. The van der Waals surface area contributed by atoms with E-state index in [1.54, 1.807) is 5.38 Å². The van der Waals surface area contributed by atoms with Crippen molar-refractivity contribution < 1.29 is 14.6 Å². The summed E-state index contributed by atoms with van der Waals surface area (Å²) in [5, 5.41) is 11.4. The van der Waals surface area contributed by atoms with Crippen molar-refractivity contribution in [3.8, 4) is 5.75 Å². The van der Waals surface area contributed by atoms with Gasteiger partial charge in [0, 0.05) is 10.8 Å². The molecule has 0 aliphatic heterocycles. The SMILES string of the molecule is CC(C)(CCCOc1ccccc1)c1nc(C(=O)O)cs1. The molecule has 0 bridgehead atoms. The topological polar surface area (TPSA) is 59.4 Å². The maximum absolute atomic E-state index is 10.9. The second-order valence-electron chi connectivity index (χ2n) is 5.49. The highest BCUT2D eigenvalue weighted by atomic mass is 32.1. The van der Waals surface area contributed by atoms with E-state index >= 15 is 0 Å². The lowest BCUT2D eigenvalue weighted by atomic mass is 9.89. The average Bonchev–Trinajstić information content (AvgIpc) is 2.96. The second kappa shape index (κ2) is 6.72. The Hall–Kier alpha value is -1.88. The molecule has 112 valence electrons. The number of carboxylic acid groups (broad SMARTS) is 1. The zero-order valence-electron chi connectivity index (χ0n) is 12.2. The lowest BCUT2D eigenvalue weighted by Gasteiger charge is -2.21. The van der Waals surface area contributed by atoms with E-state index in [4.69, 9.17) is 9.84 Å². The molecule has 0 unspecified atom stereocenters. The molecule has 0 saturated heterocycles. The van der Waals surface area contributed by atoms with Crippen molar-refractivity contribution in [3.63, 3.8) is 0 Å². The summed E-state index contributed by atoms with van der Waals surface area (Å²) in [5.41, 5.74) is -0.0121. The molecule has 0 amide bonds. The van der Waals surface area contributed by atoms with Gasteiger partial charge in [0.25, 0.3) is 0 Å². The van der Waals surface area contributed by atoms with Gasteiger partial charge in [-0.2, -0.15) is 0 Å². The molecule has 0 atom stereocenters. The first kappa shape index (κ1) is 15.5. The van der Waals surface area contributed by atoms with E-state index in [2.05, 4.69) is 18.8 Å². The summed E-state index contributed by atoms with van der Waals surface area (Å²) >= 11 is 1.41. The van der Waals surface area contributed by atoms with Crippen molar-refractivity contribution >= 4 is 17.3 Å². The minimum atomic E-state index is -0.972. The van der Waals surface area contributed by atoms with Crippen LogP contribution in [0.5, 0.6) is 5.75 Å². The highest BCUT2D eigenvalue weighted by Crippen LogP contribution is 2.31. The molecule has 0 saturated carbocycles. The van der Waals surface area contributed by atoms with Crippen LogP contribution in [0.2, 0.25) is 0 Å². The van der Waals surface area contributed by atoms with Crippen LogP contribution in [0.1, 0.15) is 42.2 Å². The first-order chi connectivity index (χ1) is 9.99. The highest BCUT2D eigenvalue weighted by Gasteiger charge is 2.25. The number of para-hydroxylation sites is 1. The Bertz CT molecular complexity index is 593. The number of nitrogens with zero attached hydrogens (tertiary/aromatic N) is 1. The molecule has 2 rings (SSSR count). The quantitative estimate of drug-likeness (QED) is 0.786. The summed E-state index contributed by atoms with van der Waals surface area (Å²) in [5.74, 6) is -0.0987. The molecule has 0 spiro atoms. The summed E-state index contributed by atoms with van der Waals surface area (Å²) < 4.78 is 5.67. The summed E-state index contributed by atoms with van der Waals surface area (Å²) in [4.78, 5) is 15.1. The number of ether oxygens (including phenoxy) is 1. The molecule has 0 aliphatic rings. The van der Waals surface area contributed by atoms with Crippen molar-refractivity contribution in [1.82, 2.24) is 4.98 Å². The molecule has 2 aromatic rings. The number of hydrogen-bond acceptors (Lipinski definition) is 4. The highest BCUT2D eigenvalue weighted by molar-refractivity contribution is 7.10. The zero-order valence-corrected chi connectivity index (χ0v) is 13.0. The van der Waals surface area contributed by atoms with Crippen LogP contribution in [0.25, 0.3) is 0 Å². The van der Waals surface area contributed by atoms with Gasteiger partial charge in [-0.3, -0.25) is 0 Å².